The highest BCUT2D eigenvalue weighted by molar-refractivity contribution is 8.13. The zero-order valence-corrected chi connectivity index (χ0v) is 13.7. The van der Waals surface area contributed by atoms with Crippen LogP contribution in [0.4, 0.5) is 4.39 Å². The molecule has 0 saturated heterocycles. The number of benzene rings is 1. The second-order valence-electron chi connectivity index (χ2n) is 5.01. The van der Waals surface area contributed by atoms with Crippen molar-refractivity contribution >= 4 is 25.7 Å². The number of ether oxygens (including phenoxy) is 1. The SMILES string of the molecule is CCCC(C)COC(=O)c1cc(F)cc(S(=O)(=O)Cl)c1C. The Hall–Kier alpha value is -1.14. The molecular weight excluding hydrogens is 319 g/mol. The van der Waals surface area contributed by atoms with Crippen LogP contribution in [0.5, 0.6) is 0 Å². The summed E-state index contributed by atoms with van der Waals surface area (Å²) < 4.78 is 41.3. The third-order valence-electron chi connectivity index (χ3n) is 3.09. The minimum atomic E-state index is -4.13. The highest BCUT2D eigenvalue weighted by Gasteiger charge is 2.22. The van der Waals surface area contributed by atoms with E-state index in [0.717, 1.165) is 25.0 Å². The molecule has 0 aliphatic rings. The van der Waals surface area contributed by atoms with Gasteiger partial charge in [-0.2, -0.15) is 0 Å². The van der Waals surface area contributed by atoms with Gasteiger partial charge in [0.15, 0.2) is 0 Å². The standard InChI is InChI=1S/C14H18ClFO4S/c1-4-5-9(2)8-20-14(17)12-6-11(16)7-13(10(12)3)21(15,18)19/h6-7,9H,4-5,8H2,1-3H3. The summed E-state index contributed by atoms with van der Waals surface area (Å²) in [4.78, 5) is 11.6. The smallest absolute Gasteiger partial charge is 0.338 e. The highest BCUT2D eigenvalue weighted by Crippen LogP contribution is 2.25. The zero-order valence-electron chi connectivity index (χ0n) is 12.2. The van der Waals surface area contributed by atoms with E-state index in [1.807, 2.05) is 13.8 Å². The van der Waals surface area contributed by atoms with Gasteiger partial charge in [-0.05, 0) is 37.0 Å². The number of rotatable bonds is 6. The average Bonchev–Trinajstić information content (AvgIpc) is 2.37. The van der Waals surface area contributed by atoms with Gasteiger partial charge < -0.3 is 4.74 Å². The van der Waals surface area contributed by atoms with E-state index in [1.54, 1.807) is 0 Å². The summed E-state index contributed by atoms with van der Waals surface area (Å²) in [6, 6.07) is 1.74. The van der Waals surface area contributed by atoms with Crippen LogP contribution in [-0.4, -0.2) is 21.0 Å². The van der Waals surface area contributed by atoms with Gasteiger partial charge in [-0.1, -0.05) is 20.3 Å². The van der Waals surface area contributed by atoms with E-state index in [4.69, 9.17) is 15.4 Å². The molecule has 0 amide bonds. The molecule has 0 aliphatic carbocycles. The zero-order chi connectivity index (χ0) is 16.2. The van der Waals surface area contributed by atoms with Gasteiger partial charge in [0.25, 0.3) is 9.05 Å². The molecule has 21 heavy (non-hydrogen) atoms. The molecule has 0 fully saturated rings. The summed E-state index contributed by atoms with van der Waals surface area (Å²) in [5.74, 6) is -1.42. The number of hydrogen-bond donors (Lipinski definition) is 0. The lowest BCUT2D eigenvalue weighted by atomic mass is 10.1. The van der Waals surface area contributed by atoms with Gasteiger partial charge in [0.2, 0.25) is 0 Å². The van der Waals surface area contributed by atoms with Crippen molar-refractivity contribution in [2.75, 3.05) is 6.61 Å². The maximum absolute atomic E-state index is 13.5. The fourth-order valence-corrected chi connectivity index (χ4v) is 3.20. The summed E-state index contributed by atoms with van der Waals surface area (Å²) in [6.07, 6.45) is 1.86. The Kier molecular flexibility index (Phi) is 6.16. The highest BCUT2D eigenvalue weighted by atomic mass is 35.7. The molecule has 118 valence electrons. The van der Waals surface area contributed by atoms with Crippen molar-refractivity contribution in [1.82, 2.24) is 0 Å². The Morgan fingerprint density at radius 1 is 1.43 bits per heavy atom. The number of halogens is 2. The summed E-state index contributed by atoms with van der Waals surface area (Å²) in [5, 5.41) is 0. The van der Waals surface area contributed by atoms with Crippen LogP contribution in [-0.2, 0) is 13.8 Å². The predicted octanol–water partition coefficient (Wildman–Crippen LogP) is 3.65. The molecular formula is C14H18ClFO4S. The lowest BCUT2D eigenvalue weighted by Gasteiger charge is -2.13. The van der Waals surface area contributed by atoms with E-state index < -0.39 is 25.7 Å². The molecule has 0 bridgehead atoms. The molecule has 1 rings (SSSR count). The van der Waals surface area contributed by atoms with E-state index in [0.29, 0.717) is 0 Å². The summed E-state index contributed by atoms with van der Waals surface area (Å²) in [6.45, 7) is 5.54. The fourth-order valence-electron chi connectivity index (χ4n) is 1.99. The van der Waals surface area contributed by atoms with E-state index >= 15 is 0 Å². The summed E-state index contributed by atoms with van der Waals surface area (Å²) in [5.41, 5.74) is -0.0440. The van der Waals surface area contributed by atoms with E-state index in [2.05, 4.69) is 0 Å². The molecule has 1 atom stereocenters. The topological polar surface area (TPSA) is 60.4 Å². The quantitative estimate of drug-likeness (QED) is 0.587. The lowest BCUT2D eigenvalue weighted by molar-refractivity contribution is 0.0442. The van der Waals surface area contributed by atoms with Crippen LogP contribution in [0.25, 0.3) is 0 Å². The molecule has 0 saturated carbocycles. The first-order valence-electron chi connectivity index (χ1n) is 6.58. The van der Waals surface area contributed by atoms with Gasteiger partial charge in [0.05, 0.1) is 17.1 Å². The van der Waals surface area contributed by atoms with Crippen LogP contribution in [0.15, 0.2) is 17.0 Å². The van der Waals surface area contributed by atoms with E-state index in [1.165, 1.54) is 6.92 Å². The van der Waals surface area contributed by atoms with Crippen molar-refractivity contribution in [3.63, 3.8) is 0 Å². The van der Waals surface area contributed by atoms with Gasteiger partial charge in [-0.3, -0.25) is 0 Å². The number of carbonyl (C=O) groups excluding carboxylic acids is 1. The second-order valence-corrected chi connectivity index (χ2v) is 7.54. The molecule has 7 heteroatoms. The Labute approximate surface area is 128 Å². The van der Waals surface area contributed by atoms with Crippen LogP contribution in [0, 0.1) is 18.7 Å². The normalized spacial score (nSPS) is 13.0. The van der Waals surface area contributed by atoms with Gasteiger partial charge in [-0.25, -0.2) is 17.6 Å². The summed E-state index contributed by atoms with van der Waals surface area (Å²) >= 11 is 0. The molecule has 4 nitrogen and oxygen atoms in total. The summed E-state index contributed by atoms with van der Waals surface area (Å²) in [7, 11) is 1.11. The maximum atomic E-state index is 13.5. The largest absolute Gasteiger partial charge is 0.462 e. The van der Waals surface area contributed by atoms with Crippen LogP contribution < -0.4 is 0 Å². The predicted molar refractivity (Wildman–Crippen MR) is 78.5 cm³/mol. The molecule has 1 aromatic carbocycles. The van der Waals surface area contributed by atoms with Gasteiger partial charge in [0, 0.05) is 10.7 Å². The third-order valence-corrected chi connectivity index (χ3v) is 4.54. The number of esters is 1. The Morgan fingerprint density at radius 3 is 2.57 bits per heavy atom. The Balaban J connectivity index is 3.03. The molecule has 0 spiro atoms. The van der Waals surface area contributed by atoms with Crippen LogP contribution in [0.1, 0.15) is 42.6 Å². The molecule has 1 unspecified atom stereocenters. The van der Waals surface area contributed by atoms with Gasteiger partial charge in [0.1, 0.15) is 5.82 Å². The van der Waals surface area contributed by atoms with Gasteiger partial charge in [-0.15, -0.1) is 0 Å². The second kappa shape index (κ2) is 7.22. The van der Waals surface area contributed by atoms with Crippen molar-refractivity contribution < 1.29 is 22.3 Å². The number of hydrogen-bond acceptors (Lipinski definition) is 4. The molecule has 0 radical (unpaired) electrons. The molecule has 0 aliphatic heterocycles. The first-order valence-corrected chi connectivity index (χ1v) is 8.89. The van der Waals surface area contributed by atoms with Crippen LogP contribution in [0.3, 0.4) is 0 Å². The molecule has 1 aromatic rings. The lowest BCUT2D eigenvalue weighted by Crippen LogP contribution is -2.14. The fraction of sp³-hybridized carbons (Fsp3) is 0.500. The first-order chi connectivity index (χ1) is 9.66. The Morgan fingerprint density at radius 2 is 2.05 bits per heavy atom. The van der Waals surface area contributed by atoms with Crippen molar-refractivity contribution in [3.8, 4) is 0 Å². The van der Waals surface area contributed by atoms with Crippen LogP contribution in [0.2, 0.25) is 0 Å². The molecule has 0 N–H and O–H groups in total. The average molecular weight is 337 g/mol. The monoisotopic (exact) mass is 336 g/mol. The van der Waals surface area contributed by atoms with Gasteiger partial charge >= 0.3 is 5.97 Å². The Bertz CT molecular complexity index is 628. The van der Waals surface area contributed by atoms with Crippen molar-refractivity contribution in [1.29, 1.82) is 0 Å². The van der Waals surface area contributed by atoms with Crippen molar-refractivity contribution in [2.45, 2.75) is 38.5 Å². The van der Waals surface area contributed by atoms with Crippen molar-refractivity contribution in [2.24, 2.45) is 5.92 Å². The first kappa shape index (κ1) is 17.9. The minimum Gasteiger partial charge on any atom is -0.462 e. The third kappa shape index (κ3) is 4.97. The molecule has 0 heterocycles. The maximum Gasteiger partial charge on any atom is 0.338 e. The van der Waals surface area contributed by atoms with E-state index in [9.17, 15) is 17.6 Å². The van der Waals surface area contributed by atoms with Crippen molar-refractivity contribution in [3.05, 3.63) is 29.1 Å². The number of carbonyl (C=O) groups is 1. The molecule has 0 aromatic heterocycles. The van der Waals surface area contributed by atoms with Crippen LogP contribution >= 0.6 is 10.7 Å². The van der Waals surface area contributed by atoms with E-state index in [-0.39, 0.29) is 23.7 Å². The minimum absolute atomic E-state index is 0.0829.